The molecule has 0 rings (SSSR count). The molecule has 18 nitrogen and oxygen atoms in total. The molecule has 0 fully saturated rings. The Morgan fingerprint density at radius 2 is 0.346 bits per heavy atom. The van der Waals surface area contributed by atoms with Crippen molar-refractivity contribution < 1.29 is 169 Å². The van der Waals surface area contributed by atoms with Crippen molar-refractivity contribution in [1.82, 2.24) is 0 Å². The van der Waals surface area contributed by atoms with Crippen LogP contribution in [0.3, 0.4) is 0 Å². The molecule has 0 aromatic heterocycles. The largest absolute Gasteiger partial charge is 3.00 e. The molecule has 0 atom stereocenters. The summed E-state index contributed by atoms with van der Waals surface area (Å²) in [6.07, 6.45) is 0. The van der Waals surface area contributed by atoms with E-state index >= 15 is 0 Å². The molecule has 0 heterocycles. The molecule has 0 amide bonds. The zero-order chi connectivity index (χ0) is 15.5. The van der Waals surface area contributed by atoms with Crippen LogP contribution >= 0.6 is 0 Å². The SMILES string of the molecule is O.O.O.O.O.O.O=C([O-])C(=O)[O-].O=C([O-])C(=O)[O-].O=C([O-])C(=O)[O-].[Tb+3].[Tb+3]. The number of hydrogen-bond donors (Lipinski definition) is 0. The molecular weight excluding hydrogens is 678 g/mol. The first kappa shape index (κ1) is 73.3. The summed E-state index contributed by atoms with van der Waals surface area (Å²) in [5, 5.41) is 53.6. The first-order valence-electron chi connectivity index (χ1n) is 3.20. The van der Waals surface area contributed by atoms with Crippen LogP contribution in [0.4, 0.5) is 0 Å². The third kappa shape index (κ3) is 91.4. The molecule has 0 unspecified atom stereocenters. The van der Waals surface area contributed by atoms with E-state index in [-0.39, 0.29) is 110 Å². The average molecular weight is 690 g/mol. The van der Waals surface area contributed by atoms with Gasteiger partial charge in [-0.15, -0.1) is 0 Å². The molecule has 0 saturated heterocycles. The Morgan fingerprint density at radius 3 is 0.346 bits per heavy atom. The second-order valence-corrected chi connectivity index (χ2v) is 1.72. The molecule has 0 bridgehead atoms. The van der Waals surface area contributed by atoms with Gasteiger partial charge in [-0.1, -0.05) is 0 Å². The van der Waals surface area contributed by atoms with Crippen molar-refractivity contribution in [3.8, 4) is 0 Å². The van der Waals surface area contributed by atoms with Gasteiger partial charge < -0.3 is 92.3 Å². The standard InChI is InChI=1S/3C2H2O4.6H2O.2Tb/c3*3-1(4)2(5)6;;;;;;;;/h3*(H,3,4)(H,5,6);6*1H2;;/q;;;;;;;;;2*+3/p-6. The zero-order valence-electron chi connectivity index (χ0n) is 11.6. The topological polar surface area (TPSA) is 430 Å². The maximum Gasteiger partial charge on any atom is 3.00 e. The van der Waals surface area contributed by atoms with Crippen molar-refractivity contribution in [3.05, 3.63) is 0 Å². The molecule has 0 aromatic carbocycles. The Balaban J connectivity index is -0.0000000125. The van der Waals surface area contributed by atoms with Gasteiger partial charge in [-0.3, -0.25) is 0 Å². The summed E-state index contributed by atoms with van der Waals surface area (Å²) in [4.78, 5) is 53.6. The Hall–Kier alpha value is -0.849. The minimum atomic E-state index is -2.19. The Bertz CT molecular complexity index is 285. The van der Waals surface area contributed by atoms with Crippen molar-refractivity contribution in [2.24, 2.45) is 0 Å². The van der Waals surface area contributed by atoms with Crippen LogP contribution in [-0.4, -0.2) is 68.7 Å². The summed E-state index contributed by atoms with van der Waals surface area (Å²) < 4.78 is 0. The molecule has 0 radical (unpaired) electrons. The van der Waals surface area contributed by atoms with Gasteiger partial charge in [-0.25, -0.2) is 0 Å². The van der Waals surface area contributed by atoms with Gasteiger partial charge in [-0.2, -0.15) is 0 Å². The molecule has 162 valence electrons. The molecule has 0 spiro atoms. The molecular formula is C6H12O18Tb2. The van der Waals surface area contributed by atoms with Crippen molar-refractivity contribution in [3.63, 3.8) is 0 Å². The second kappa shape index (κ2) is 44.0. The van der Waals surface area contributed by atoms with E-state index in [1.54, 1.807) is 0 Å². The first-order valence-corrected chi connectivity index (χ1v) is 3.20. The van der Waals surface area contributed by atoms with E-state index < -0.39 is 35.8 Å². The third-order valence-electron chi connectivity index (χ3n) is 0.500. The van der Waals surface area contributed by atoms with Crippen molar-refractivity contribution in [1.29, 1.82) is 0 Å². The van der Waals surface area contributed by atoms with Gasteiger partial charge in [0.1, 0.15) is 0 Å². The average Bonchev–Trinajstić information content (AvgIpc) is 2.18. The normalized spacial score (nSPS) is 5.08. The van der Waals surface area contributed by atoms with Gasteiger partial charge in [0.25, 0.3) is 0 Å². The fourth-order valence-corrected chi connectivity index (χ4v) is 0. The van der Waals surface area contributed by atoms with E-state index in [1.807, 2.05) is 0 Å². The molecule has 0 aromatic rings. The Labute approximate surface area is 203 Å². The summed E-state index contributed by atoms with van der Waals surface area (Å²) >= 11 is 0. The summed E-state index contributed by atoms with van der Waals surface area (Å²) in [7, 11) is 0. The van der Waals surface area contributed by atoms with Crippen LogP contribution in [-0.2, 0) is 28.8 Å². The Morgan fingerprint density at radius 1 is 0.308 bits per heavy atom. The van der Waals surface area contributed by atoms with Crippen molar-refractivity contribution >= 4 is 35.8 Å². The molecule has 0 saturated carbocycles. The van der Waals surface area contributed by atoms with Crippen molar-refractivity contribution in [2.75, 3.05) is 0 Å². The number of aliphatic carboxylic acids is 6. The van der Waals surface area contributed by atoms with E-state index in [1.165, 1.54) is 0 Å². The monoisotopic (exact) mass is 690 g/mol. The van der Waals surface area contributed by atoms with Gasteiger partial charge in [0.15, 0.2) is 0 Å². The number of rotatable bonds is 0. The molecule has 12 N–H and O–H groups in total. The van der Waals surface area contributed by atoms with Crippen LogP contribution in [0, 0.1) is 77.2 Å². The van der Waals surface area contributed by atoms with E-state index in [9.17, 15) is 0 Å². The van der Waals surface area contributed by atoms with E-state index in [2.05, 4.69) is 0 Å². The predicted molar refractivity (Wildman–Crippen MR) is 51.7 cm³/mol. The van der Waals surface area contributed by atoms with Crippen LogP contribution in [0.15, 0.2) is 0 Å². The Kier molecular flexibility index (Phi) is 124. The van der Waals surface area contributed by atoms with Gasteiger partial charge in [-0.05, 0) is 0 Å². The van der Waals surface area contributed by atoms with Gasteiger partial charge in [0.05, 0.1) is 35.8 Å². The van der Waals surface area contributed by atoms with Gasteiger partial charge in [0, 0.05) is 0 Å². The number of hydrogen-bond acceptors (Lipinski definition) is 12. The fraction of sp³-hybridized carbons (Fsp3) is 0. The minimum Gasteiger partial charge on any atom is -0.543 e. The van der Waals surface area contributed by atoms with Crippen LogP contribution in [0.5, 0.6) is 0 Å². The number of carbonyl (C=O) groups is 6. The van der Waals surface area contributed by atoms with Crippen LogP contribution in [0.2, 0.25) is 0 Å². The van der Waals surface area contributed by atoms with Crippen molar-refractivity contribution in [2.45, 2.75) is 0 Å². The molecule has 0 aliphatic carbocycles. The molecule has 20 heteroatoms. The molecule has 26 heavy (non-hydrogen) atoms. The minimum absolute atomic E-state index is 0. The maximum atomic E-state index is 8.93. The van der Waals surface area contributed by atoms with Crippen LogP contribution in [0.1, 0.15) is 0 Å². The number of carboxylic acid groups (broad SMARTS) is 6. The maximum absolute atomic E-state index is 8.93. The first-order chi connectivity index (χ1) is 7.93. The van der Waals surface area contributed by atoms with E-state index in [4.69, 9.17) is 59.4 Å². The predicted octanol–water partition coefficient (Wildman–Crippen LogP) is -15.5. The smallest absolute Gasteiger partial charge is 0.543 e. The van der Waals surface area contributed by atoms with E-state index in [0.29, 0.717) is 0 Å². The van der Waals surface area contributed by atoms with Crippen LogP contribution < -0.4 is 30.6 Å². The summed E-state index contributed by atoms with van der Waals surface area (Å²) in [5.74, 6) is -13.1. The summed E-state index contributed by atoms with van der Waals surface area (Å²) in [5.41, 5.74) is 0. The van der Waals surface area contributed by atoms with Crippen LogP contribution in [0.25, 0.3) is 0 Å². The zero-order valence-corrected chi connectivity index (χ0v) is 15.8. The second-order valence-electron chi connectivity index (χ2n) is 1.72. The summed E-state index contributed by atoms with van der Waals surface area (Å²) in [6.45, 7) is 0. The fourth-order valence-electron chi connectivity index (χ4n) is 0. The summed E-state index contributed by atoms with van der Waals surface area (Å²) in [6, 6.07) is 0. The van der Waals surface area contributed by atoms with Gasteiger partial charge >= 0.3 is 77.2 Å². The third-order valence-corrected chi connectivity index (χ3v) is 0.500. The number of carbonyl (C=O) groups excluding carboxylic acids is 6. The number of carboxylic acids is 6. The molecule has 0 aliphatic heterocycles. The van der Waals surface area contributed by atoms with Gasteiger partial charge in [0.2, 0.25) is 0 Å². The quantitative estimate of drug-likeness (QED) is 0.214. The van der Waals surface area contributed by atoms with E-state index in [0.717, 1.165) is 0 Å². The molecule has 0 aliphatic rings.